The van der Waals surface area contributed by atoms with Gasteiger partial charge in [0.25, 0.3) is 10.0 Å². The number of carbonyl (C=O) groups excluding carboxylic acids is 1. The van der Waals surface area contributed by atoms with Gasteiger partial charge in [-0.15, -0.1) is 13.2 Å². The number of hydrogen-bond donors (Lipinski definition) is 2. The van der Waals surface area contributed by atoms with Crippen LogP contribution in [0.3, 0.4) is 0 Å². The number of allylic oxidation sites excluding steroid dienone is 1. The molecule has 0 spiro atoms. The summed E-state index contributed by atoms with van der Waals surface area (Å²) in [6.45, 7) is 0. The summed E-state index contributed by atoms with van der Waals surface area (Å²) >= 11 is 11.1. The number of halogens is 5. The van der Waals surface area contributed by atoms with Crippen molar-refractivity contribution < 1.29 is 26.4 Å². The molecule has 136 valence electrons. The Balaban J connectivity index is 2.15. The van der Waals surface area contributed by atoms with Crippen LogP contribution in [0.4, 0.5) is 23.9 Å². The molecule has 0 saturated carbocycles. The first-order valence-electron chi connectivity index (χ1n) is 6.07. The molecule has 0 saturated heterocycles. The Morgan fingerprint density at radius 1 is 1.24 bits per heavy atom. The third kappa shape index (κ3) is 4.93. The molecule has 1 aliphatic heterocycles. The second-order valence-corrected chi connectivity index (χ2v) is 6.77. The highest BCUT2D eigenvalue weighted by molar-refractivity contribution is 7.90. The lowest BCUT2D eigenvalue weighted by molar-refractivity contribution is -0.231. The number of aliphatic imine (C=N–C) groups is 1. The molecule has 15 heteroatoms. The van der Waals surface area contributed by atoms with Gasteiger partial charge in [0.05, 0.1) is 0 Å². The molecule has 9 nitrogen and oxygen atoms in total. The third-order valence-corrected chi connectivity index (χ3v) is 4.24. The van der Waals surface area contributed by atoms with Crippen molar-refractivity contribution in [2.24, 2.45) is 4.99 Å². The maximum absolute atomic E-state index is 12.9. The summed E-state index contributed by atoms with van der Waals surface area (Å²) in [6, 6.07) is -0.280. The zero-order valence-electron chi connectivity index (χ0n) is 11.7. The molecule has 0 aromatic carbocycles. The van der Waals surface area contributed by atoms with Crippen LogP contribution in [0.1, 0.15) is 0 Å². The van der Waals surface area contributed by atoms with E-state index in [9.17, 15) is 26.4 Å². The quantitative estimate of drug-likeness (QED) is 0.572. The lowest BCUT2D eigenvalue weighted by Gasteiger charge is -2.30. The number of carbonyl (C=O) groups is 1. The lowest BCUT2D eigenvalue weighted by Crippen LogP contribution is -2.51. The molecule has 1 atom stereocenters. The summed E-state index contributed by atoms with van der Waals surface area (Å²) < 4.78 is 64.0. The SMILES string of the molecule is O=C(Nc1nc(Cl)cc(Cl)n1)NS(=O)(=O)C1N=CC=CN1C(F)(F)F. The highest BCUT2D eigenvalue weighted by Gasteiger charge is 2.46. The molecule has 1 unspecified atom stereocenters. The monoisotopic (exact) mass is 418 g/mol. The van der Waals surface area contributed by atoms with E-state index in [1.54, 1.807) is 0 Å². The van der Waals surface area contributed by atoms with Crippen molar-refractivity contribution in [2.45, 2.75) is 11.8 Å². The van der Waals surface area contributed by atoms with Gasteiger partial charge in [0, 0.05) is 18.5 Å². The number of sulfonamides is 1. The largest absolute Gasteiger partial charge is 0.487 e. The van der Waals surface area contributed by atoms with E-state index in [1.165, 1.54) is 4.72 Å². The molecular formula is C10H7Cl2F3N6O3S. The van der Waals surface area contributed by atoms with Crippen molar-refractivity contribution in [1.82, 2.24) is 19.6 Å². The van der Waals surface area contributed by atoms with Crippen LogP contribution in [0.15, 0.2) is 23.3 Å². The van der Waals surface area contributed by atoms with Gasteiger partial charge in [-0.2, -0.15) is 0 Å². The van der Waals surface area contributed by atoms with Gasteiger partial charge in [-0.3, -0.25) is 15.2 Å². The second-order valence-electron chi connectivity index (χ2n) is 4.28. The van der Waals surface area contributed by atoms with Crippen molar-refractivity contribution in [3.05, 3.63) is 28.6 Å². The Morgan fingerprint density at radius 3 is 2.40 bits per heavy atom. The molecule has 2 rings (SSSR count). The van der Waals surface area contributed by atoms with Crippen LogP contribution in [-0.2, 0) is 10.0 Å². The van der Waals surface area contributed by atoms with E-state index in [1.807, 2.05) is 5.32 Å². The minimum absolute atomic E-state index is 0.150. The van der Waals surface area contributed by atoms with Gasteiger partial charge in [0.15, 0.2) is 0 Å². The zero-order chi connectivity index (χ0) is 18.8. The van der Waals surface area contributed by atoms with Crippen LogP contribution >= 0.6 is 23.2 Å². The molecule has 2 N–H and O–H groups in total. The highest BCUT2D eigenvalue weighted by atomic mass is 35.5. The van der Waals surface area contributed by atoms with Crippen molar-refractivity contribution in [3.8, 4) is 0 Å². The van der Waals surface area contributed by atoms with Crippen molar-refractivity contribution in [3.63, 3.8) is 0 Å². The molecule has 0 aliphatic carbocycles. The number of urea groups is 1. The van der Waals surface area contributed by atoms with Gasteiger partial charge in [0.2, 0.25) is 11.4 Å². The summed E-state index contributed by atoms with van der Waals surface area (Å²) in [7, 11) is -4.88. The molecule has 0 fully saturated rings. The average Bonchev–Trinajstić information content (AvgIpc) is 2.44. The number of anilines is 1. The van der Waals surface area contributed by atoms with Gasteiger partial charge in [-0.25, -0.2) is 27.9 Å². The van der Waals surface area contributed by atoms with Crippen LogP contribution in [0.5, 0.6) is 0 Å². The number of hydrogen-bond acceptors (Lipinski definition) is 7. The predicted molar refractivity (Wildman–Crippen MR) is 82.4 cm³/mol. The fraction of sp³-hybridized carbons (Fsp3) is 0.200. The van der Waals surface area contributed by atoms with Gasteiger partial charge in [0.1, 0.15) is 10.3 Å². The smallest absolute Gasteiger partial charge is 0.275 e. The number of rotatable bonds is 3. The van der Waals surface area contributed by atoms with Crippen molar-refractivity contribution in [1.29, 1.82) is 0 Å². The summed E-state index contributed by atoms with van der Waals surface area (Å²) in [5.74, 6) is -0.454. The fourth-order valence-corrected chi connectivity index (χ4v) is 3.15. The Labute approximate surface area is 148 Å². The van der Waals surface area contributed by atoms with E-state index < -0.39 is 38.7 Å². The maximum Gasteiger partial charge on any atom is 0.487 e. The van der Waals surface area contributed by atoms with E-state index in [0.717, 1.165) is 18.4 Å². The maximum atomic E-state index is 12.9. The molecule has 2 heterocycles. The molecule has 1 aliphatic rings. The number of aromatic nitrogens is 2. The molecule has 0 radical (unpaired) electrons. The van der Waals surface area contributed by atoms with E-state index in [2.05, 4.69) is 15.0 Å². The topological polar surface area (TPSA) is 117 Å². The lowest BCUT2D eigenvalue weighted by atomic mass is 10.5. The van der Waals surface area contributed by atoms with E-state index in [-0.39, 0.29) is 10.3 Å². The number of amides is 2. The number of alkyl halides is 3. The first kappa shape index (κ1) is 19.2. The van der Waals surface area contributed by atoms with E-state index in [0.29, 0.717) is 6.20 Å². The Bertz CT molecular complexity index is 825. The molecule has 2 amide bonds. The van der Waals surface area contributed by atoms with E-state index in [4.69, 9.17) is 23.2 Å². The highest BCUT2D eigenvalue weighted by Crippen LogP contribution is 2.28. The molecule has 25 heavy (non-hydrogen) atoms. The van der Waals surface area contributed by atoms with Gasteiger partial charge < -0.3 is 0 Å². The molecule has 0 bridgehead atoms. The van der Waals surface area contributed by atoms with Gasteiger partial charge in [-0.05, 0) is 6.08 Å². The van der Waals surface area contributed by atoms with Crippen LogP contribution < -0.4 is 10.0 Å². The van der Waals surface area contributed by atoms with E-state index >= 15 is 0 Å². The first-order chi connectivity index (χ1) is 11.5. The first-order valence-corrected chi connectivity index (χ1v) is 8.37. The Morgan fingerprint density at radius 2 is 1.84 bits per heavy atom. The molecular weight excluding hydrogens is 412 g/mol. The van der Waals surface area contributed by atoms with Crippen LogP contribution in [0, 0.1) is 0 Å². The Hall–Kier alpha value is -2.12. The number of nitrogens with one attached hydrogen (secondary N) is 2. The van der Waals surface area contributed by atoms with Crippen LogP contribution in [0.2, 0.25) is 10.3 Å². The number of nitrogens with zero attached hydrogens (tertiary/aromatic N) is 4. The second kappa shape index (κ2) is 7.01. The standard InChI is InChI=1S/C10H7Cl2F3N6O3S/c11-5-4-6(12)18-7(17-5)19-8(22)20-25(23,24)9-16-2-1-3-21(9)10(13,14)15/h1-4,9H,(H2,17,18,19,20,22). The normalized spacial score (nSPS) is 17.5. The van der Waals surface area contributed by atoms with Gasteiger partial charge >= 0.3 is 12.3 Å². The third-order valence-electron chi connectivity index (χ3n) is 2.48. The summed E-state index contributed by atoms with van der Waals surface area (Å²) in [4.78, 5) is 21.5. The Kier molecular flexibility index (Phi) is 5.39. The van der Waals surface area contributed by atoms with Crippen LogP contribution in [-0.4, -0.2) is 47.3 Å². The minimum Gasteiger partial charge on any atom is -0.275 e. The average molecular weight is 419 g/mol. The van der Waals surface area contributed by atoms with Crippen molar-refractivity contribution in [2.75, 3.05) is 5.32 Å². The predicted octanol–water partition coefficient (Wildman–Crippen LogP) is 1.94. The zero-order valence-corrected chi connectivity index (χ0v) is 14.0. The summed E-state index contributed by atoms with van der Waals surface area (Å²) in [6.07, 6.45) is -2.83. The van der Waals surface area contributed by atoms with Crippen molar-refractivity contribution >= 4 is 51.4 Å². The molecule has 1 aromatic heterocycles. The summed E-state index contributed by atoms with van der Waals surface area (Å²) in [5, 5.41) is 1.58. The van der Waals surface area contributed by atoms with Gasteiger partial charge in [-0.1, -0.05) is 23.2 Å². The fourth-order valence-electron chi connectivity index (χ4n) is 1.59. The molecule has 1 aromatic rings. The van der Waals surface area contributed by atoms with Crippen LogP contribution in [0.25, 0.3) is 0 Å². The minimum atomic E-state index is -5.03. The summed E-state index contributed by atoms with van der Waals surface area (Å²) in [5.41, 5.74) is -2.42.